The molecule has 6 heteroatoms. The highest BCUT2D eigenvalue weighted by atomic mass is 16.4. The number of amides is 1. The molecule has 2 heterocycles. The topological polar surface area (TPSA) is 68.7 Å². The standard InChI is InChI=1S/C16H24N4O2/c1-19(11-13-10-17-8-9-20(13)16(21)22)14-6-2-4-12-5-3-7-18-15(12)14/h3,5,7,13-14,17H,2,4,6,8-11H2,1H3,(H,21,22)/t13-,14+/m1/s1. The Bertz CT molecular complexity index is 537. The molecule has 0 radical (unpaired) electrons. The van der Waals surface area contributed by atoms with Crippen molar-refractivity contribution in [1.82, 2.24) is 20.1 Å². The smallest absolute Gasteiger partial charge is 0.407 e. The van der Waals surface area contributed by atoms with Gasteiger partial charge in [-0.2, -0.15) is 0 Å². The van der Waals surface area contributed by atoms with Crippen molar-refractivity contribution in [2.75, 3.05) is 33.2 Å². The predicted molar refractivity (Wildman–Crippen MR) is 83.9 cm³/mol. The first-order chi connectivity index (χ1) is 10.7. The minimum atomic E-state index is -0.818. The van der Waals surface area contributed by atoms with Crippen molar-refractivity contribution in [1.29, 1.82) is 0 Å². The van der Waals surface area contributed by atoms with Crippen molar-refractivity contribution in [3.63, 3.8) is 0 Å². The van der Waals surface area contributed by atoms with Crippen LogP contribution >= 0.6 is 0 Å². The van der Waals surface area contributed by atoms with E-state index in [4.69, 9.17) is 0 Å². The van der Waals surface area contributed by atoms with E-state index in [1.54, 1.807) is 4.90 Å². The van der Waals surface area contributed by atoms with Gasteiger partial charge in [-0.25, -0.2) is 4.79 Å². The summed E-state index contributed by atoms with van der Waals surface area (Å²) in [6.07, 6.45) is 4.39. The number of rotatable bonds is 3. The Kier molecular flexibility index (Phi) is 4.59. The maximum atomic E-state index is 11.4. The highest BCUT2D eigenvalue weighted by Gasteiger charge is 2.31. The highest BCUT2D eigenvalue weighted by Crippen LogP contribution is 2.32. The predicted octanol–water partition coefficient (Wildman–Crippen LogP) is 1.34. The summed E-state index contributed by atoms with van der Waals surface area (Å²) >= 11 is 0. The number of fused-ring (bicyclic) bond motifs is 1. The molecule has 0 aromatic carbocycles. The van der Waals surface area contributed by atoms with Crippen molar-refractivity contribution in [3.8, 4) is 0 Å². The summed E-state index contributed by atoms with van der Waals surface area (Å²) in [5.41, 5.74) is 2.50. The minimum absolute atomic E-state index is 0.00494. The van der Waals surface area contributed by atoms with Gasteiger partial charge in [0.25, 0.3) is 0 Å². The number of carbonyl (C=O) groups is 1. The van der Waals surface area contributed by atoms with E-state index in [1.807, 2.05) is 12.3 Å². The molecule has 0 unspecified atom stereocenters. The second-order valence-electron chi connectivity index (χ2n) is 6.23. The summed E-state index contributed by atoms with van der Waals surface area (Å²) in [6, 6.07) is 4.46. The van der Waals surface area contributed by atoms with Gasteiger partial charge in [0.15, 0.2) is 0 Å². The Hall–Kier alpha value is -1.66. The molecule has 1 aromatic rings. The van der Waals surface area contributed by atoms with Crippen LogP contribution in [-0.4, -0.2) is 65.3 Å². The Labute approximate surface area is 131 Å². The lowest BCUT2D eigenvalue weighted by Crippen LogP contribution is -2.57. The zero-order chi connectivity index (χ0) is 15.5. The average molecular weight is 304 g/mol. The number of piperazine rings is 1. The molecule has 2 aliphatic rings. The fourth-order valence-electron chi connectivity index (χ4n) is 3.65. The molecule has 0 spiro atoms. The molecular weight excluding hydrogens is 280 g/mol. The summed E-state index contributed by atoms with van der Waals surface area (Å²) in [7, 11) is 2.09. The van der Waals surface area contributed by atoms with Gasteiger partial charge in [0.2, 0.25) is 0 Å². The van der Waals surface area contributed by atoms with Crippen molar-refractivity contribution in [3.05, 3.63) is 29.6 Å². The maximum Gasteiger partial charge on any atom is 0.407 e. The van der Waals surface area contributed by atoms with E-state index in [-0.39, 0.29) is 6.04 Å². The molecule has 1 amide bonds. The van der Waals surface area contributed by atoms with Gasteiger partial charge < -0.3 is 15.3 Å². The Balaban J connectivity index is 1.72. The molecular formula is C16H24N4O2. The minimum Gasteiger partial charge on any atom is -0.465 e. The molecule has 0 bridgehead atoms. The quantitative estimate of drug-likeness (QED) is 0.882. The number of likely N-dealkylation sites (N-methyl/N-ethyl adjacent to an activating group) is 1. The number of aromatic nitrogens is 1. The Morgan fingerprint density at radius 3 is 3.27 bits per heavy atom. The van der Waals surface area contributed by atoms with E-state index in [1.165, 1.54) is 17.7 Å². The number of hydrogen-bond acceptors (Lipinski definition) is 4. The van der Waals surface area contributed by atoms with E-state index in [0.717, 1.165) is 32.5 Å². The van der Waals surface area contributed by atoms with Crippen LogP contribution in [0.25, 0.3) is 0 Å². The van der Waals surface area contributed by atoms with Gasteiger partial charge in [-0.3, -0.25) is 9.88 Å². The van der Waals surface area contributed by atoms with Crippen LogP contribution in [0.2, 0.25) is 0 Å². The van der Waals surface area contributed by atoms with Gasteiger partial charge >= 0.3 is 6.09 Å². The molecule has 6 nitrogen and oxygen atoms in total. The van der Waals surface area contributed by atoms with Crippen LogP contribution in [0.4, 0.5) is 4.79 Å². The molecule has 1 aliphatic carbocycles. The first-order valence-electron chi connectivity index (χ1n) is 8.01. The van der Waals surface area contributed by atoms with Crippen LogP contribution in [0.5, 0.6) is 0 Å². The first-order valence-corrected chi connectivity index (χ1v) is 8.01. The van der Waals surface area contributed by atoms with Crippen LogP contribution in [0.1, 0.15) is 30.1 Å². The van der Waals surface area contributed by atoms with Gasteiger partial charge in [-0.05, 0) is 37.9 Å². The number of carboxylic acid groups (broad SMARTS) is 1. The van der Waals surface area contributed by atoms with Crippen molar-refractivity contribution in [2.24, 2.45) is 0 Å². The van der Waals surface area contributed by atoms with E-state index < -0.39 is 6.09 Å². The molecule has 3 rings (SSSR count). The highest BCUT2D eigenvalue weighted by molar-refractivity contribution is 5.65. The number of nitrogens with one attached hydrogen (secondary N) is 1. The van der Waals surface area contributed by atoms with Crippen molar-refractivity contribution >= 4 is 6.09 Å². The lowest BCUT2D eigenvalue weighted by Gasteiger charge is -2.39. The van der Waals surface area contributed by atoms with Crippen LogP contribution < -0.4 is 5.32 Å². The molecule has 1 aromatic heterocycles. The van der Waals surface area contributed by atoms with E-state index in [2.05, 4.69) is 28.3 Å². The van der Waals surface area contributed by atoms with Crippen molar-refractivity contribution in [2.45, 2.75) is 31.3 Å². The zero-order valence-electron chi connectivity index (χ0n) is 13.0. The van der Waals surface area contributed by atoms with E-state index >= 15 is 0 Å². The van der Waals surface area contributed by atoms with E-state index in [0.29, 0.717) is 12.6 Å². The molecule has 22 heavy (non-hydrogen) atoms. The summed E-state index contributed by atoms with van der Waals surface area (Å²) in [5, 5.41) is 12.7. The van der Waals surface area contributed by atoms with Crippen LogP contribution in [-0.2, 0) is 6.42 Å². The number of aryl methyl sites for hydroxylation is 1. The van der Waals surface area contributed by atoms with Crippen LogP contribution in [0.15, 0.2) is 18.3 Å². The molecule has 1 aliphatic heterocycles. The maximum absolute atomic E-state index is 11.4. The zero-order valence-corrected chi connectivity index (χ0v) is 13.0. The lowest BCUT2D eigenvalue weighted by atomic mass is 9.91. The Morgan fingerprint density at radius 2 is 2.45 bits per heavy atom. The number of hydrogen-bond donors (Lipinski definition) is 2. The van der Waals surface area contributed by atoms with Crippen LogP contribution in [0.3, 0.4) is 0 Å². The molecule has 0 saturated carbocycles. The second kappa shape index (κ2) is 6.62. The van der Waals surface area contributed by atoms with Gasteiger partial charge in [0, 0.05) is 32.4 Å². The molecule has 120 valence electrons. The van der Waals surface area contributed by atoms with Gasteiger partial charge in [-0.15, -0.1) is 0 Å². The van der Waals surface area contributed by atoms with Gasteiger partial charge in [0.05, 0.1) is 17.8 Å². The molecule has 1 fully saturated rings. The van der Waals surface area contributed by atoms with E-state index in [9.17, 15) is 9.90 Å². The molecule has 2 atom stereocenters. The lowest BCUT2D eigenvalue weighted by molar-refractivity contribution is 0.0864. The number of nitrogens with zero attached hydrogens (tertiary/aromatic N) is 3. The summed E-state index contributed by atoms with van der Waals surface area (Å²) < 4.78 is 0. The summed E-state index contributed by atoms with van der Waals surface area (Å²) in [4.78, 5) is 19.8. The summed E-state index contributed by atoms with van der Waals surface area (Å²) in [5.74, 6) is 0. The first kappa shape index (κ1) is 15.2. The number of pyridine rings is 1. The summed E-state index contributed by atoms with van der Waals surface area (Å²) in [6.45, 7) is 2.76. The average Bonchev–Trinajstić information content (AvgIpc) is 2.54. The SMILES string of the molecule is CN(C[C@H]1CNCCN1C(=O)O)[C@H]1CCCc2cccnc21. The third kappa shape index (κ3) is 3.08. The monoisotopic (exact) mass is 304 g/mol. The third-order valence-corrected chi connectivity index (χ3v) is 4.79. The molecule has 2 N–H and O–H groups in total. The fraction of sp³-hybridized carbons (Fsp3) is 0.625. The third-order valence-electron chi connectivity index (χ3n) is 4.79. The largest absolute Gasteiger partial charge is 0.465 e. The normalized spacial score (nSPS) is 25.1. The van der Waals surface area contributed by atoms with Gasteiger partial charge in [0.1, 0.15) is 0 Å². The van der Waals surface area contributed by atoms with Crippen molar-refractivity contribution < 1.29 is 9.90 Å². The fourth-order valence-corrected chi connectivity index (χ4v) is 3.65. The molecule has 1 saturated heterocycles. The second-order valence-corrected chi connectivity index (χ2v) is 6.23. The van der Waals surface area contributed by atoms with Crippen LogP contribution in [0, 0.1) is 0 Å². The van der Waals surface area contributed by atoms with Gasteiger partial charge in [-0.1, -0.05) is 6.07 Å². The Morgan fingerprint density at radius 1 is 1.59 bits per heavy atom.